The maximum atomic E-state index is 14.2. The molecule has 1 saturated heterocycles. The van der Waals surface area contributed by atoms with Crippen molar-refractivity contribution >= 4 is 15.5 Å². The molecule has 1 unspecified atom stereocenters. The maximum absolute atomic E-state index is 14.2. The van der Waals surface area contributed by atoms with Gasteiger partial charge in [-0.3, -0.25) is 0 Å². The zero-order chi connectivity index (χ0) is 15.6. The number of nitrogens with zero attached hydrogens (tertiary/aromatic N) is 1. The Morgan fingerprint density at radius 3 is 2.24 bits per heavy atom. The summed E-state index contributed by atoms with van der Waals surface area (Å²) >= 11 is 0. The van der Waals surface area contributed by atoms with Crippen LogP contribution in [0.25, 0.3) is 0 Å². The second-order valence-electron chi connectivity index (χ2n) is 5.42. The van der Waals surface area contributed by atoms with Crippen molar-refractivity contribution in [3.8, 4) is 0 Å². The fourth-order valence-electron chi connectivity index (χ4n) is 2.42. The average molecular weight is 318 g/mol. The Morgan fingerprint density at radius 2 is 1.76 bits per heavy atom. The molecule has 2 N–H and O–H groups in total. The fourth-order valence-corrected chi connectivity index (χ4v) is 3.62. The van der Waals surface area contributed by atoms with Gasteiger partial charge in [0.15, 0.2) is 9.84 Å². The Balaban J connectivity index is 2.21. The van der Waals surface area contributed by atoms with Crippen molar-refractivity contribution < 1.29 is 17.2 Å². The van der Waals surface area contributed by atoms with E-state index in [2.05, 4.69) is 0 Å². The number of benzene rings is 1. The van der Waals surface area contributed by atoms with Crippen LogP contribution in [0.1, 0.15) is 18.9 Å². The SMILES string of the molecule is CCC(N)Cc1cc(F)c(N2CCS(=O)(=O)CC2)c(F)c1. The van der Waals surface area contributed by atoms with Gasteiger partial charge in [-0.1, -0.05) is 6.92 Å². The topological polar surface area (TPSA) is 63.4 Å². The lowest BCUT2D eigenvalue weighted by Gasteiger charge is -2.29. The Morgan fingerprint density at radius 1 is 1.24 bits per heavy atom. The van der Waals surface area contributed by atoms with E-state index in [4.69, 9.17) is 5.73 Å². The van der Waals surface area contributed by atoms with Crippen LogP contribution >= 0.6 is 0 Å². The largest absolute Gasteiger partial charge is 0.365 e. The van der Waals surface area contributed by atoms with Gasteiger partial charge in [0.2, 0.25) is 0 Å². The van der Waals surface area contributed by atoms with E-state index in [1.165, 1.54) is 17.0 Å². The van der Waals surface area contributed by atoms with Gasteiger partial charge in [-0.25, -0.2) is 17.2 Å². The predicted octanol–water partition coefficient (Wildman–Crippen LogP) is 1.48. The molecular formula is C14H20F2N2O2S. The standard InChI is InChI=1S/C14H20F2N2O2S/c1-2-11(17)7-10-8-12(15)14(13(16)9-10)18-3-5-21(19,20)6-4-18/h8-9,11H,2-7,17H2,1H3. The van der Waals surface area contributed by atoms with Crippen molar-refractivity contribution in [2.45, 2.75) is 25.8 Å². The molecule has 0 radical (unpaired) electrons. The van der Waals surface area contributed by atoms with E-state index in [1.807, 2.05) is 6.92 Å². The van der Waals surface area contributed by atoms with Gasteiger partial charge < -0.3 is 10.6 Å². The van der Waals surface area contributed by atoms with Gasteiger partial charge in [0.05, 0.1) is 11.5 Å². The molecule has 0 aliphatic carbocycles. The van der Waals surface area contributed by atoms with E-state index in [-0.39, 0.29) is 36.3 Å². The molecule has 0 saturated carbocycles. The number of anilines is 1. The highest BCUT2D eigenvalue weighted by Gasteiger charge is 2.26. The molecule has 7 heteroatoms. The molecule has 1 aliphatic rings. The summed E-state index contributed by atoms with van der Waals surface area (Å²) in [7, 11) is -3.08. The van der Waals surface area contributed by atoms with Crippen LogP contribution in [0, 0.1) is 11.6 Å². The normalized spacial score (nSPS) is 19.5. The van der Waals surface area contributed by atoms with E-state index >= 15 is 0 Å². The van der Waals surface area contributed by atoms with Crippen molar-refractivity contribution in [3.63, 3.8) is 0 Å². The van der Waals surface area contributed by atoms with E-state index in [9.17, 15) is 17.2 Å². The van der Waals surface area contributed by atoms with Gasteiger partial charge in [0.1, 0.15) is 17.3 Å². The Kier molecular flexibility index (Phi) is 4.83. The summed E-state index contributed by atoms with van der Waals surface area (Å²) in [6.45, 7) is 2.15. The molecule has 0 aromatic heterocycles. The van der Waals surface area contributed by atoms with Gasteiger partial charge >= 0.3 is 0 Å². The third-order valence-electron chi connectivity index (χ3n) is 3.76. The number of halogens is 2. The third kappa shape index (κ3) is 3.91. The van der Waals surface area contributed by atoms with E-state index in [0.29, 0.717) is 12.0 Å². The first-order valence-electron chi connectivity index (χ1n) is 7.01. The lowest BCUT2D eigenvalue weighted by molar-refractivity contribution is 0.556. The van der Waals surface area contributed by atoms with Crippen molar-refractivity contribution in [3.05, 3.63) is 29.3 Å². The molecule has 0 bridgehead atoms. The van der Waals surface area contributed by atoms with Crippen LogP contribution < -0.4 is 10.6 Å². The van der Waals surface area contributed by atoms with Crippen molar-refractivity contribution in [1.29, 1.82) is 0 Å². The molecule has 1 aromatic rings. The van der Waals surface area contributed by atoms with Crippen LogP contribution in [0.4, 0.5) is 14.5 Å². The number of nitrogens with two attached hydrogens (primary N) is 1. The first-order valence-corrected chi connectivity index (χ1v) is 8.83. The average Bonchev–Trinajstić information content (AvgIpc) is 2.39. The Hall–Kier alpha value is -1.21. The Labute approximate surface area is 123 Å². The predicted molar refractivity (Wildman–Crippen MR) is 79.2 cm³/mol. The molecule has 0 spiro atoms. The third-order valence-corrected chi connectivity index (χ3v) is 5.37. The second-order valence-corrected chi connectivity index (χ2v) is 7.72. The van der Waals surface area contributed by atoms with Gasteiger partial charge in [-0.15, -0.1) is 0 Å². The molecule has 1 atom stereocenters. The fraction of sp³-hybridized carbons (Fsp3) is 0.571. The van der Waals surface area contributed by atoms with Gasteiger partial charge in [-0.05, 0) is 30.5 Å². The van der Waals surface area contributed by atoms with Crippen LogP contribution in [0.15, 0.2) is 12.1 Å². The molecule has 1 aromatic carbocycles. The summed E-state index contributed by atoms with van der Waals surface area (Å²) in [6, 6.07) is 2.45. The Bertz CT molecular complexity index is 582. The summed E-state index contributed by atoms with van der Waals surface area (Å²) in [5.41, 5.74) is 6.17. The highest BCUT2D eigenvalue weighted by atomic mass is 32.2. The van der Waals surface area contributed by atoms with Crippen LogP contribution in [-0.2, 0) is 16.3 Å². The molecule has 0 amide bonds. The van der Waals surface area contributed by atoms with E-state index in [0.717, 1.165) is 6.42 Å². The molecule has 1 heterocycles. The quantitative estimate of drug-likeness (QED) is 0.913. The summed E-state index contributed by atoms with van der Waals surface area (Å²) in [4.78, 5) is 1.45. The minimum Gasteiger partial charge on any atom is -0.365 e. The van der Waals surface area contributed by atoms with E-state index in [1.54, 1.807) is 0 Å². The number of hydrogen-bond acceptors (Lipinski definition) is 4. The maximum Gasteiger partial charge on any atom is 0.153 e. The van der Waals surface area contributed by atoms with Crippen molar-refractivity contribution in [2.24, 2.45) is 5.73 Å². The molecule has 2 rings (SSSR count). The molecule has 118 valence electrons. The zero-order valence-corrected chi connectivity index (χ0v) is 12.8. The lowest BCUT2D eigenvalue weighted by atomic mass is 10.0. The number of sulfone groups is 1. The molecule has 1 aliphatic heterocycles. The van der Waals surface area contributed by atoms with Crippen molar-refractivity contribution in [2.75, 3.05) is 29.5 Å². The molecule has 21 heavy (non-hydrogen) atoms. The minimum atomic E-state index is -3.08. The number of rotatable bonds is 4. The van der Waals surface area contributed by atoms with Crippen LogP contribution in [0.3, 0.4) is 0 Å². The van der Waals surface area contributed by atoms with Gasteiger partial charge in [0, 0.05) is 19.1 Å². The highest BCUT2D eigenvalue weighted by molar-refractivity contribution is 7.91. The molecular weight excluding hydrogens is 298 g/mol. The number of hydrogen-bond donors (Lipinski definition) is 1. The summed E-state index contributed by atoms with van der Waals surface area (Å²) in [6.07, 6.45) is 1.15. The van der Waals surface area contributed by atoms with Gasteiger partial charge in [-0.2, -0.15) is 0 Å². The van der Waals surface area contributed by atoms with Crippen LogP contribution in [-0.4, -0.2) is 39.1 Å². The van der Waals surface area contributed by atoms with Crippen molar-refractivity contribution in [1.82, 2.24) is 0 Å². The lowest BCUT2D eigenvalue weighted by Crippen LogP contribution is -2.41. The molecule has 1 fully saturated rings. The minimum absolute atomic E-state index is 0.0751. The summed E-state index contributed by atoms with van der Waals surface area (Å²) < 4.78 is 51.1. The summed E-state index contributed by atoms with van der Waals surface area (Å²) in [5, 5.41) is 0. The summed E-state index contributed by atoms with van der Waals surface area (Å²) in [5.74, 6) is -1.47. The highest BCUT2D eigenvalue weighted by Crippen LogP contribution is 2.27. The van der Waals surface area contributed by atoms with Crippen LogP contribution in [0.2, 0.25) is 0 Å². The zero-order valence-electron chi connectivity index (χ0n) is 12.0. The van der Waals surface area contributed by atoms with Gasteiger partial charge in [0.25, 0.3) is 0 Å². The first-order chi connectivity index (χ1) is 9.82. The smallest absolute Gasteiger partial charge is 0.153 e. The van der Waals surface area contributed by atoms with Crippen LogP contribution in [0.5, 0.6) is 0 Å². The van der Waals surface area contributed by atoms with E-state index < -0.39 is 21.5 Å². The second kappa shape index (κ2) is 6.27. The molecule has 4 nitrogen and oxygen atoms in total. The monoisotopic (exact) mass is 318 g/mol. The first kappa shape index (κ1) is 16.2.